The largest absolute Gasteiger partial charge is 0.501 e. The summed E-state index contributed by atoms with van der Waals surface area (Å²) in [4.78, 5) is 0. The Kier molecular flexibility index (Phi) is 1.67. The van der Waals surface area contributed by atoms with Crippen LogP contribution in [-0.4, -0.2) is 7.11 Å². The lowest BCUT2D eigenvalue weighted by molar-refractivity contribution is 0.282. The first kappa shape index (κ1) is 7.20. The van der Waals surface area contributed by atoms with Crippen molar-refractivity contribution in [2.75, 3.05) is 7.11 Å². The van der Waals surface area contributed by atoms with Gasteiger partial charge in [-0.25, -0.2) is 0 Å². The predicted molar refractivity (Wildman–Crippen MR) is 45.2 cm³/mol. The summed E-state index contributed by atoms with van der Waals surface area (Å²) in [7, 11) is 1.79. The fourth-order valence-corrected chi connectivity index (χ4v) is 2.49. The maximum Gasteiger partial charge on any atom is 0.0921 e. The van der Waals surface area contributed by atoms with Crippen LogP contribution in [0.1, 0.15) is 38.5 Å². The fourth-order valence-electron chi connectivity index (χ4n) is 2.49. The normalized spacial score (nSPS) is 27.5. The second kappa shape index (κ2) is 2.54. The summed E-state index contributed by atoms with van der Waals surface area (Å²) in [5, 5.41) is 0. The van der Waals surface area contributed by atoms with Gasteiger partial charge < -0.3 is 4.74 Å². The first-order valence-corrected chi connectivity index (χ1v) is 4.60. The van der Waals surface area contributed by atoms with Gasteiger partial charge in [0.05, 0.1) is 12.9 Å². The highest BCUT2D eigenvalue weighted by atomic mass is 16.5. The standard InChI is InChI=1S/C10H16O/c1-11-9-4-7-10(8-9)5-2-3-6-10/h8H,2-7H2,1H3. The number of methoxy groups -OCH3 is 1. The maximum atomic E-state index is 5.26. The SMILES string of the molecule is COC1=CC2(CCCC2)CC1. The monoisotopic (exact) mass is 152 g/mol. The lowest BCUT2D eigenvalue weighted by Crippen LogP contribution is -2.07. The summed E-state index contributed by atoms with van der Waals surface area (Å²) in [5.74, 6) is 1.23. The summed E-state index contributed by atoms with van der Waals surface area (Å²) in [6.07, 6.45) is 10.6. The van der Waals surface area contributed by atoms with E-state index in [0.717, 1.165) is 0 Å². The van der Waals surface area contributed by atoms with Crippen molar-refractivity contribution in [3.05, 3.63) is 11.8 Å². The van der Waals surface area contributed by atoms with Crippen molar-refractivity contribution >= 4 is 0 Å². The molecular weight excluding hydrogens is 136 g/mol. The molecule has 0 aromatic heterocycles. The zero-order chi connectivity index (χ0) is 7.73. The molecule has 0 aromatic rings. The van der Waals surface area contributed by atoms with Crippen LogP contribution in [0.25, 0.3) is 0 Å². The molecule has 1 heteroatoms. The molecule has 62 valence electrons. The van der Waals surface area contributed by atoms with Crippen molar-refractivity contribution in [1.82, 2.24) is 0 Å². The first-order chi connectivity index (χ1) is 5.35. The molecule has 0 heterocycles. The van der Waals surface area contributed by atoms with Gasteiger partial charge in [-0.1, -0.05) is 12.8 Å². The van der Waals surface area contributed by atoms with Gasteiger partial charge in [-0.15, -0.1) is 0 Å². The van der Waals surface area contributed by atoms with Gasteiger partial charge in [-0.05, 0) is 30.8 Å². The third-order valence-electron chi connectivity index (χ3n) is 3.20. The summed E-state index contributed by atoms with van der Waals surface area (Å²) in [6, 6.07) is 0. The number of hydrogen-bond donors (Lipinski definition) is 0. The molecule has 1 nitrogen and oxygen atoms in total. The summed E-state index contributed by atoms with van der Waals surface area (Å²) < 4.78 is 5.26. The molecule has 0 unspecified atom stereocenters. The molecule has 1 fully saturated rings. The van der Waals surface area contributed by atoms with E-state index in [1.807, 2.05) is 0 Å². The first-order valence-electron chi connectivity index (χ1n) is 4.60. The number of rotatable bonds is 1. The zero-order valence-electron chi connectivity index (χ0n) is 7.23. The highest BCUT2D eigenvalue weighted by Gasteiger charge is 2.35. The molecule has 11 heavy (non-hydrogen) atoms. The average molecular weight is 152 g/mol. The molecule has 2 rings (SSSR count). The van der Waals surface area contributed by atoms with E-state index in [0.29, 0.717) is 5.41 Å². The van der Waals surface area contributed by atoms with Crippen LogP contribution in [0.5, 0.6) is 0 Å². The molecule has 0 aromatic carbocycles. The van der Waals surface area contributed by atoms with Crippen molar-refractivity contribution in [1.29, 1.82) is 0 Å². The van der Waals surface area contributed by atoms with Gasteiger partial charge in [-0.2, -0.15) is 0 Å². The fraction of sp³-hybridized carbons (Fsp3) is 0.800. The van der Waals surface area contributed by atoms with Crippen LogP contribution in [0.2, 0.25) is 0 Å². The Morgan fingerprint density at radius 3 is 2.55 bits per heavy atom. The van der Waals surface area contributed by atoms with Crippen LogP contribution < -0.4 is 0 Å². The number of ether oxygens (including phenoxy) is 1. The minimum Gasteiger partial charge on any atom is -0.501 e. The smallest absolute Gasteiger partial charge is 0.0921 e. The second-order valence-corrected chi connectivity index (χ2v) is 3.88. The molecular formula is C10H16O. The molecule has 0 saturated heterocycles. The maximum absolute atomic E-state index is 5.26. The van der Waals surface area contributed by atoms with E-state index < -0.39 is 0 Å². The van der Waals surface area contributed by atoms with E-state index in [9.17, 15) is 0 Å². The number of hydrogen-bond acceptors (Lipinski definition) is 1. The van der Waals surface area contributed by atoms with Gasteiger partial charge in [0.25, 0.3) is 0 Å². The minimum absolute atomic E-state index is 0.575. The van der Waals surface area contributed by atoms with Crippen LogP contribution >= 0.6 is 0 Å². The van der Waals surface area contributed by atoms with Gasteiger partial charge in [0, 0.05) is 6.42 Å². The van der Waals surface area contributed by atoms with Crippen LogP contribution in [0.4, 0.5) is 0 Å². The Morgan fingerprint density at radius 1 is 1.27 bits per heavy atom. The Bertz CT molecular complexity index is 175. The Labute approximate surface area is 68.4 Å². The summed E-state index contributed by atoms with van der Waals surface area (Å²) >= 11 is 0. The topological polar surface area (TPSA) is 9.23 Å². The molecule has 2 aliphatic carbocycles. The minimum atomic E-state index is 0.575. The third kappa shape index (κ3) is 1.17. The Morgan fingerprint density at radius 2 is 2.00 bits per heavy atom. The zero-order valence-corrected chi connectivity index (χ0v) is 7.23. The molecule has 0 aliphatic heterocycles. The van der Waals surface area contributed by atoms with Gasteiger partial charge >= 0.3 is 0 Å². The van der Waals surface area contributed by atoms with E-state index in [1.165, 1.54) is 44.3 Å². The summed E-state index contributed by atoms with van der Waals surface area (Å²) in [6.45, 7) is 0. The predicted octanol–water partition coefficient (Wildman–Crippen LogP) is 2.87. The van der Waals surface area contributed by atoms with Crippen molar-refractivity contribution in [3.63, 3.8) is 0 Å². The van der Waals surface area contributed by atoms with Crippen LogP contribution in [0, 0.1) is 5.41 Å². The number of allylic oxidation sites excluding steroid dienone is 2. The van der Waals surface area contributed by atoms with Gasteiger partial charge in [0.2, 0.25) is 0 Å². The van der Waals surface area contributed by atoms with Gasteiger partial charge in [-0.3, -0.25) is 0 Å². The second-order valence-electron chi connectivity index (χ2n) is 3.88. The van der Waals surface area contributed by atoms with Gasteiger partial charge in [0.1, 0.15) is 0 Å². The summed E-state index contributed by atoms with van der Waals surface area (Å²) in [5.41, 5.74) is 0.575. The van der Waals surface area contributed by atoms with Crippen molar-refractivity contribution < 1.29 is 4.74 Å². The van der Waals surface area contributed by atoms with E-state index >= 15 is 0 Å². The molecule has 2 aliphatic rings. The quantitative estimate of drug-likeness (QED) is 0.561. The van der Waals surface area contributed by atoms with Crippen molar-refractivity contribution in [2.24, 2.45) is 5.41 Å². The molecule has 0 radical (unpaired) electrons. The lowest BCUT2D eigenvalue weighted by Gasteiger charge is -2.18. The third-order valence-corrected chi connectivity index (χ3v) is 3.20. The van der Waals surface area contributed by atoms with E-state index in [-0.39, 0.29) is 0 Å². The Balaban J connectivity index is 2.11. The molecule has 0 amide bonds. The average Bonchev–Trinajstić information content (AvgIpc) is 2.62. The van der Waals surface area contributed by atoms with Crippen LogP contribution in [0.3, 0.4) is 0 Å². The van der Waals surface area contributed by atoms with Crippen LogP contribution in [-0.2, 0) is 4.74 Å². The molecule has 0 N–H and O–H groups in total. The van der Waals surface area contributed by atoms with Crippen LogP contribution in [0.15, 0.2) is 11.8 Å². The molecule has 0 atom stereocenters. The Hall–Kier alpha value is -0.460. The van der Waals surface area contributed by atoms with E-state index in [1.54, 1.807) is 7.11 Å². The van der Waals surface area contributed by atoms with Crippen molar-refractivity contribution in [3.8, 4) is 0 Å². The van der Waals surface area contributed by atoms with Crippen molar-refractivity contribution in [2.45, 2.75) is 38.5 Å². The highest BCUT2D eigenvalue weighted by molar-refractivity contribution is 5.13. The molecule has 1 spiro atoms. The molecule has 1 saturated carbocycles. The van der Waals surface area contributed by atoms with E-state index in [4.69, 9.17) is 4.74 Å². The lowest BCUT2D eigenvalue weighted by atomic mass is 9.86. The van der Waals surface area contributed by atoms with Gasteiger partial charge in [0.15, 0.2) is 0 Å². The highest BCUT2D eigenvalue weighted by Crippen LogP contribution is 2.48. The van der Waals surface area contributed by atoms with E-state index in [2.05, 4.69) is 6.08 Å². The molecule has 0 bridgehead atoms.